The molecule has 0 spiro atoms. The van der Waals surface area contributed by atoms with Crippen LogP contribution in [-0.2, 0) is 0 Å². The second kappa shape index (κ2) is 15.0. The molecule has 0 saturated heterocycles. The molecule has 0 unspecified atom stereocenters. The number of rotatable bonds is 7. The van der Waals surface area contributed by atoms with E-state index < -0.39 is 0 Å². The van der Waals surface area contributed by atoms with E-state index in [1.807, 2.05) is 24.4 Å². The summed E-state index contributed by atoms with van der Waals surface area (Å²) < 4.78 is 0. The van der Waals surface area contributed by atoms with Crippen LogP contribution >= 0.6 is 0 Å². The molecule has 4 heteroatoms. The molecule has 0 saturated carbocycles. The summed E-state index contributed by atoms with van der Waals surface area (Å²) in [6.45, 7) is 0. The second-order valence-corrected chi connectivity index (χ2v) is 15.0. The topological polar surface area (TPSA) is 51.6 Å². The molecule has 11 rings (SSSR count). The molecule has 0 radical (unpaired) electrons. The standard InChI is InChI=1S/C56H36N4/c1-3-11-37(12-4-1)39-20-26-43(27-21-39)54-58-55(44-28-22-40(23-29-44)38-13-5-2-6-14-38)60-56(59-54)45-30-24-41(25-31-45)46-34-35-50(48-17-8-7-16-47(46)48)49-18-9-19-52-51(49)33-32-42-15-10-36-57-53(42)52/h1-36H. The molecule has 0 atom stereocenters. The van der Waals surface area contributed by atoms with Crippen LogP contribution in [0.5, 0.6) is 0 Å². The molecule has 0 aliphatic rings. The van der Waals surface area contributed by atoms with Crippen LogP contribution in [-0.4, -0.2) is 19.9 Å². The van der Waals surface area contributed by atoms with Gasteiger partial charge in [-0.2, -0.15) is 0 Å². The van der Waals surface area contributed by atoms with Gasteiger partial charge in [0, 0.05) is 33.7 Å². The molecule has 9 aromatic carbocycles. The third kappa shape index (κ3) is 6.47. The van der Waals surface area contributed by atoms with Gasteiger partial charge >= 0.3 is 0 Å². The Morgan fingerprint density at radius 1 is 0.233 bits per heavy atom. The Kier molecular flexibility index (Phi) is 8.79. The minimum absolute atomic E-state index is 0.624. The van der Waals surface area contributed by atoms with Crippen LogP contribution in [0, 0.1) is 0 Å². The molecule has 60 heavy (non-hydrogen) atoms. The van der Waals surface area contributed by atoms with E-state index in [9.17, 15) is 0 Å². The largest absolute Gasteiger partial charge is 0.256 e. The smallest absolute Gasteiger partial charge is 0.164 e. The molecular formula is C56H36N4. The maximum Gasteiger partial charge on any atom is 0.164 e. The SMILES string of the molecule is c1ccc(-c2ccc(-c3nc(-c4ccc(-c5ccccc5)cc4)nc(-c4ccc(-c5ccc(-c6cccc7c6ccc6cccnc67)c6ccccc56)cc4)n3)cc2)cc1. The van der Waals surface area contributed by atoms with Crippen LogP contribution in [0.3, 0.4) is 0 Å². The average molecular weight is 765 g/mol. The van der Waals surface area contributed by atoms with Gasteiger partial charge in [-0.25, -0.2) is 15.0 Å². The Hall–Kier alpha value is -8.08. The lowest BCUT2D eigenvalue weighted by Gasteiger charge is -2.15. The zero-order valence-corrected chi connectivity index (χ0v) is 32.6. The highest BCUT2D eigenvalue weighted by Gasteiger charge is 2.16. The lowest BCUT2D eigenvalue weighted by atomic mass is 9.89. The minimum Gasteiger partial charge on any atom is -0.256 e. The van der Waals surface area contributed by atoms with E-state index in [1.165, 1.54) is 44.0 Å². The summed E-state index contributed by atoms with van der Waals surface area (Å²) in [5.74, 6) is 1.88. The lowest BCUT2D eigenvalue weighted by molar-refractivity contribution is 1.07. The van der Waals surface area contributed by atoms with Gasteiger partial charge in [0.15, 0.2) is 17.5 Å². The summed E-state index contributed by atoms with van der Waals surface area (Å²) in [5, 5.41) is 5.90. The summed E-state index contributed by atoms with van der Waals surface area (Å²) >= 11 is 0. The van der Waals surface area contributed by atoms with Crippen LogP contribution in [0.2, 0.25) is 0 Å². The van der Waals surface area contributed by atoms with E-state index in [0.29, 0.717) is 17.5 Å². The van der Waals surface area contributed by atoms with Crippen molar-refractivity contribution < 1.29 is 0 Å². The van der Waals surface area contributed by atoms with Crippen molar-refractivity contribution in [3.05, 3.63) is 219 Å². The Labute approximate surface area is 348 Å². The molecule has 2 heterocycles. The van der Waals surface area contributed by atoms with Gasteiger partial charge in [0.2, 0.25) is 0 Å². The van der Waals surface area contributed by atoms with Gasteiger partial charge in [0.05, 0.1) is 5.52 Å². The number of benzene rings is 9. The van der Waals surface area contributed by atoms with Gasteiger partial charge in [-0.05, 0) is 66.7 Å². The van der Waals surface area contributed by atoms with Gasteiger partial charge in [-0.1, -0.05) is 206 Å². The van der Waals surface area contributed by atoms with Crippen LogP contribution in [0.4, 0.5) is 0 Å². The van der Waals surface area contributed by atoms with Crippen LogP contribution in [0.15, 0.2) is 219 Å². The van der Waals surface area contributed by atoms with E-state index in [4.69, 9.17) is 19.9 Å². The van der Waals surface area contributed by atoms with E-state index in [-0.39, 0.29) is 0 Å². The Bertz CT molecular complexity index is 3220. The van der Waals surface area contributed by atoms with Gasteiger partial charge < -0.3 is 0 Å². The highest BCUT2D eigenvalue weighted by molar-refractivity contribution is 6.14. The zero-order chi connectivity index (χ0) is 39.8. The molecule has 2 aromatic heterocycles. The van der Waals surface area contributed by atoms with E-state index in [0.717, 1.165) is 49.7 Å². The van der Waals surface area contributed by atoms with Crippen molar-refractivity contribution in [3.8, 4) is 78.7 Å². The Morgan fingerprint density at radius 2 is 0.650 bits per heavy atom. The highest BCUT2D eigenvalue weighted by atomic mass is 15.0. The number of hydrogen-bond acceptors (Lipinski definition) is 4. The zero-order valence-electron chi connectivity index (χ0n) is 32.6. The van der Waals surface area contributed by atoms with Gasteiger partial charge in [0.1, 0.15) is 0 Å². The van der Waals surface area contributed by atoms with Gasteiger partial charge in [-0.15, -0.1) is 0 Å². The third-order valence-corrected chi connectivity index (χ3v) is 11.4. The first kappa shape index (κ1) is 35.1. The molecule has 0 bridgehead atoms. The maximum atomic E-state index is 5.08. The third-order valence-electron chi connectivity index (χ3n) is 11.4. The van der Waals surface area contributed by atoms with Crippen molar-refractivity contribution >= 4 is 32.4 Å². The average Bonchev–Trinajstić information content (AvgIpc) is 3.34. The summed E-state index contributed by atoms with van der Waals surface area (Å²) in [5.41, 5.74) is 13.1. The number of hydrogen-bond donors (Lipinski definition) is 0. The van der Waals surface area contributed by atoms with E-state index in [2.05, 4.69) is 194 Å². The summed E-state index contributed by atoms with van der Waals surface area (Å²) in [6.07, 6.45) is 1.87. The summed E-state index contributed by atoms with van der Waals surface area (Å²) in [7, 11) is 0. The summed E-state index contributed by atoms with van der Waals surface area (Å²) in [4.78, 5) is 20.0. The lowest BCUT2D eigenvalue weighted by Crippen LogP contribution is -2.00. The first-order chi connectivity index (χ1) is 29.7. The van der Waals surface area contributed by atoms with E-state index >= 15 is 0 Å². The van der Waals surface area contributed by atoms with Gasteiger partial charge in [0.25, 0.3) is 0 Å². The molecule has 0 aliphatic carbocycles. The first-order valence-corrected chi connectivity index (χ1v) is 20.2. The van der Waals surface area contributed by atoms with Crippen LogP contribution in [0.25, 0.3) is 111 Å². The number of nitrogens with zero attached hydrogens (tertiary/aromatic N) is 4. The summed E-state index contributed by atoms with van der Waals surface area (Å²) in [6, 6.07) is 74.6. The van der Waals surface area contributed by atoms with Crippen molar-refractivity contribution in [1.29, 1.82) is 0 Å². The minimum atomic E-state index is 0.624. The Balaban J connectivity index is 0.976. The normalized spacial score (nSPS) is 11.3. The maximum absolute atomic E-state index is 5.08. The first-order valence-electron chi connectivity index (χ1n) is 20.2. The molecule has 0 aliphatic heterocycles. The van der Waals surface area contributed by atoms with Crippen molar-refractivity contribution in [3.63, 3.8) is 0 Å². The van der Waals surface area contributed by atoms with Crippen molar-refractivity contribution in [2.75, 3.05) is 0 Å². The molecule has 280 valence electrons. The predicted molar refractivity (Wildman–Crippen MR) is 248 cm³/mol. The fraction of sp³-hybridized carbons (Fsp3) is 0. The second-order valence-electron chi connectivity index (χ2n) is 15.0. The highest BCUT2D eigenvalue weighted by Crippen LogP contribution is 2.40. The van der Waals surface area contributed by atoms with E-state index in [1.54, 1.807) is 0 Å². The van der Waals surface area contributed by atoms with Crippen LogP contribution < -0.4 is 0 Å². The molecule has 11 aromatic rings. The van der Waals surface area contributed by atoms with Crippen molar-refractivity contribution in [2.24, 2.45) is 0 Å². The fourth-order valence-electron chi connectivity index (χ4n) is 8.37. The number of fused-ring (bicyclic) bond motifs is 4. The van der Waals surface area contributed by atoms with Crippen molar-refractivity contribution in [2.45, 2.75) is 0 Å². The molecule has 0 fully saturated rings. The van der Waals surface area contributed by atoms with Crippen molar-refractivity contribution in [1.82, 2.24) is 19.9 Å². The quantitative estimate of drug-likeness (QED) is 0.152. The molecule has 0 N–H and O–H groups in total. The molecule has 0 amide bonds. The Morgan fingerprint density at radius 3 is 1.22 bits per heavy atom. The molecule has 4 nitrogen and oxygen atoms in total. The molecular weight excluding hydrogens is 729 g/mol. The predicted octanol–water partition coefficient (Wildman–Crippen LogP) is 14.4. The number of pyridine rings is 1. The number of aromatic nitrogens is 4. The van der Waals surface area contributed by atoms with Gasteiger partial charge in [-0.3, -0.25) is 4.98 Å². The monoisotopic (exact) mass is 764 g/mol. The fourth-order valence-corrected chi connectivity index (χ4v) is 8.37. The van der Waals surface area contributed by atoms with Crippen LogP contribution in [0.1, 0.15) is 0 Å².